The molecule has 3 N–H and O–H groups in total. The molecule has 8 nitrogen and oxygen atoms in total. The van der Waals surface area contributed by atoms with Crippen LogP contribution in [0.1, 0.15) is 34.6 Å². The van der Waals surface area contributed by atoms with Crippen molar-refractivity contribution in [2.75, 3.05) is 24.3 Å². The largest absolute Gasteiger partial charge is 0.496 e. The molecule has 2 rings (SSSR count). The lowest BCUT2D eigenvalue weighted by atomic mass is 10.1. The summed E-state index contributed by atoms with van der Waals surface area (Å²) in [6.07, 6.45) is 0.807. The van der Waals surface area contributed by atoms with Crippen molar-refractivity contribution < 1.29 is 19.4 Å². The number of hydrogen-bond acceptors (Lipinski definition) is 6. The number of benzene rings is 1. The van der Waals surface area contributed by atoms with Crippen LogP contribution in [0.25, 0.3) is 0 Å². The van der Waals surface area contributed by atoms with E-state index in [0.717, 1.165) is 11.4 Å². The fraction of sp³-hybridized carbons (Fsp3) is 0.333. The van der Waals surface area contributed by atoms with Crippen molar-refractivity contribution in [2.45, 2.75) is 26.7 Å². The molecular weight excluding hydrogens is 372 g/mol. The highest BCUT2D eigenvalue weighted by Gasteiger charge is 2.16. The monoisotopic (exact) mass is 392 g/mol. The molecule has 0 atom stereocenters. The van der Waals surface area contributed by atoms with Crippen LogP contribution in [0.15, 0.2) is 18.2 Å². The highest BCUT2D eigenvalue weighted by atomic mass is 35.5. The molecule has 0 radical (unpaired) electrons. The molecule has 0 bridgehead atoms. The van der Waals surface area contributed by atoms with E-state index in [4.69, 9.17) is 21.4 Å². The van der Waals surface area contributed by atoms with Crippen LogP contribution in [0.5, 0.6) is 5.75 Å². The molecule has 9 heteroatoms. The first kappa shape index (κ1) is 20.4. The number of carboxylic acids is 1. The summed E-state index contributed by atoms with van der Waals surface area (Å²) >= 11 is 6.05. The molecule has 0 unspecified atom stereocenters. The molecular formula is C18H21ClN4O4. The molecule has 0 aliphatic carbocycles. The van der Waals surface area contributed by atoms with Gasteiger partial charge in [0.1, 0.15) is 11.3 Å². The summed E-state index contributed by atoms with van der Waals surface area (Å²) in [4.78, 5) is 31.8. The first-order valence-electron chi connectivity index (χ1n) is 8.27. The van der Waals surface area contributed by atoms with Gasteiger partial charge in [0.2, 0.25) is 11.9 Å². The van der Waals surface area contributed by atoms with Gasteiger partial charge in [-0.25, -0.2) is 14.8 Å². The molecule has 0 saturated carbocycles. The van der Waals surface area contributed by atoms with Gasteiger partial charge in [0.25, 0.3) is 0 Å². The van der Waals surface area contributed by atoms with Gasteiger partial charge in [0.15, 0.2) is 0 Å². The molecule has 0 fully saturated rings. The Balaban J connectivity index is 1.89. The maximum atomic E-state index is 12.1. The molecule has 1 heterocycles. The molecule has 0 saturated heterocycles. The number of carbonyl (C=O) groups excluding carboxylic acids is 1. The highest BCUT2D eigenvalue weighted by molar-refractivity contribution is 6.34. The number of hydrogen-bond donors (Lipinski definition) is 3. The summed E-state index contributed by atoms with van der Waals surface area (Å²) in [5.74, 6) is -0.753. The van der Waals surface area contributed by atoms with Crippen molar-refractivity contribution in [3.05, 3.63) is 40.2 Å². The van der Waals surface area contributed by atoms with Gasteiger partial charge in [0, 0.05) is 30.4 Å². The van der Waals surface area contributed by atoms with Gasteiger partial charge < -0.3 is 20.5 Å². The first-order valence-corrected chi connectivity index (χ1v) is 8.64. The Kier molecular flexibility index (Phi) is 6.95. The summed E-state index contributed by atoms with van der Waals surface area (Å²) < 4.78 is 5.04. The van der Waals surface area contributed by atoms with Crippen LogP contribution in [0.4, 0.5) is 11.6 Å². The Hall–Kier alpha value is -2.87. The number of aryl methyl sites for hydroxylation is 2. The van der Waals surface area contributed by atoms with Gasteiger partial charge in [-0.05, 0) is 32.4 Å². The van der Waals surface area contributed by atoms with E-state index in [-0.39, 0.29) is 28.7 Å². The maximum absolute atomic E-state index is 12.1. The van der Waals surface area contributed by atoms with Crippen LogP contribution >= 0.6 is 11.6 Å². The van der Waals surface area contributed by atoms with E-state index in [9.17, 15) is 9.59 Å². The quantitative estimate of drug-likeness (QED) is 0.590. The molecule has 0 aliphatic rings. The van der Waals surface area contributed by atoms with E-state index >= 15 is 0 Å². The Bertz CT molecular complexity index is 837. The molecule has 0 aliphatic heterocycles. The van der Waals surface area contributed by atoms with Crippen molar-refractivity contribution in [3.8, 4) is 5.75 Å². The number of methoxy groups -OCH3 is 1. The lowest BCUT2D eigenvalue weighted by Gasteiger charge is -2.12. The number of nitrogens with one attached hydrogen (secondary N) is 2. The SMILES string of the molecule is COc1cc(NC(=O)CCCNc2nc(C)cc(C)n2)c(Cl)cc1C(=O)O. The van der Waals surface area contributed by atoms with Gasteiger partial charge >= 0.3 is 5.97 Å². The normalized spacial score (nSPS) is 10.4. The number of rotatable bonds is 8. The third-order valence-corrected chi connectivity index (χ3v) is 3.95. The van der Waals surface area contributed by atoms with Gasteiger partial charge in [-0.3, -0.25) is 4.79 Å². The van der Waals surface area contributed by atoms with Crippen molar-refractivity contribution in [3.63, 3.8) is 0 Å². The van der Waals surface area contributed by atoms with Gasteiger partial charge in [-0.2, -0.15) is 0 Å². The minimum absolute atomic E-state index is 0.0712. The molecule has 1 aromatic carbocycles. The second-order valence-corrected chi connectivity index (χ2v) is 6.30. The van der Waals surface area contributed by atoms with Crippen LogP contribution < -0.4 is 15.4 Å². The molecule has 144 valence electrons. The number of carbonyl (C=O) groups is 2. The Morgan fingerprint density at radius 3 is 2.44 bits per heavy atom. The number of amides is 1. The average Bonchev–Trinajstić information content (AvgIpc) is 2.59. The molecule has 0 spiro atoms. The van der Waals surface area contributed by atoms with Gasteiger partial charge in [-0.1, -0.05) is 11.6 Å². The van der Waals surface area contributed by atoms with Gasteiger partial charge in [-0.15, -0.1) is 0 Å². The standard InChI is InChI=1S/C18H21ClN4O4/c1-10-7-11(2)22-18(21-10)20-6-4-5-16(24)23-14-9-15(27-3)12(17(25)26)8-13(14)19/h7-9H,4-6H2,1-3H3,(H,23,24)(H,25,26)(H,20,21,22). The third-order valence-electron chi connectivity index (χ3n) is 3.64. The van der Waals surface area contributed by atoms with E-state index in [0.29, 0.717) is 24.6 Å². The number of aromatic carboxylic acids is 1. The fourth-order valence-electron chi connectivity index (χ4n) is 2.45. The average molecular weight is 393 g/mol. The smallest absolute Gasteiger partial charge is 0.339 e. The molecule has 1 amide bonds. The van der Waals surface area contributed by atoms with Crippen molar-refractivity contribution in [2.24, 2.45) is 0 Å². The molecule has 27 heavy (non-hydrogen) atoms. The van der Waals surface area contributed by atoms with Crippen LogP contribution in [0.2, 0.25) is 5.02 Å². The first-order chi connectivity index (χ1) is 12.8. The van der Waals surface area contributed by atoms with Crippen molar-refractivity contribution in [1.82, 2.24) is 9.97 Å². The number of aromatic nitrogens is 2. The lowest BCUT2D eigenvalue weighted by molar-refractivity contribution is -0.116. The number of ether oxygens (including phenoxy) is 1. The van der Waals surface area contributed by atoms with E-state index in [2.05, 4.69) is 20.6 Å². The Labute approximate surface area is 161 Å². The van der Waals surface area contributed by atoms with Crippen molar-refractivity contribution in [1.29, 1.82) is 0 Å². The summed E-state index contributed by atoms with van der Waals surface area (Å²) in [6.45, 7) is 4.31. The van der Waals surface area contributed by atoms with E-state index < -0.39 is 5.97 Å². The highest BCUT2D eigenvalue weighted by Crippen LogP contribution is 2.31. The third kappa shape index (κ3) is 5.82. The Morgan fingerprint density at radius 1 is 1.19 bits per heavy atom. The fourth-order valence-corrected chi connectivity index (χ4v) is 2.66. The van der Waals surface area contributed by atoms with E-state index in [1.807, 2.05) is 19.9 Å². The van der Waals surface area contributed by atoms with Crippen LogP contribution in [-0.2, 0) is 4.79 Å². The summed E-state index contributed by atoms with van der Waals surface area (Å²) in [5.41, 5.74) is 1.97. The lowest BCUT2D eigenvalue weighted by Crippen LogP contribution is -2.15. The van der Waals surface area contributed by atoms with Crippen LogP contribution in [-0.4, -0.2) is 40.6 Å². The summed E-state index contributed by atoms with van der Waals surface area (Å²) in [5, 5.41) is 15.0. The van der Waals surface area contributed by atoms with Crippen LogP contribution in [0.3, 0.4) is 0 Å². The van der Waals surface area contributed by atoms with Gasteiger partial charge in [0.05, 0.1) is 17.8 Å². The van der Waals surface area contributed by atoms with E-state index in [1.54, 1.807) is 0 Å². The second-order valence-electron chi connectivity index (χ2n) is 5.89. The minimum atomic E-state index is -1.16. The zero-order valence-corrected chi connectivity index (χ0v) is 16.1. The number of nitrogens with zero attached hydrogens (tertiary/aromatic N) is 2. The molecule has 1 aromatic heterocycles. The predicted octanol–water partition coefficient (Wildman–Crippen LogP) is 3.28. The number of anilines is 2. The number of carboxylic acid groups (broad SMARTS) is 1. The topological polar surface area (TPSA) is 113 Å². The maximum Gasteiger partial charge on any atom is 0.339 e. The van der Waals surface area contributed by atoms with E-state index in [1.165, 1.54) is 19.2 Å². The zero-order chi connectivity index (χ0) is 20.0. The van der Waals surface area contributed by atoms with Crippen LogP contribution in [0, 0.1) is 13.8 Å². The Morgan fingerprint density at radius 2 is 1.85 bits per heavy atom. The summed E-state index contributed by atoms with van der Waals surface area (Å²) in [6, 6.07) is 4.52. The molecule has 2 aromatic rings. The van der Waals surface area contributed by atoms with Crippen molar-refractivity contribution >= 4 is 35.1 Å². The summed E-state index contributed by atoms with van der Waals surface area (Å²) in [7, 11) is 1.35. The predicted molar refractivity (Wildman–Crippen MR) is 103 cm³/mol. The zero-order valence-electron chi connectivity index (χ0n) is 15.3. The second kappa shape index (κ2) is 9.18. The number of halogens is 1. The minimum Gasteiger partial charge on any atom is -0.496 e.